The van der Waals surface area contributed by atoms with E-state index in [9.17, 15) is 9.59 Å². The van der Waals surface area contributed by atoms with Gasteiger partial charge in [-0.15, -0.1) is 0 Å². The summed E-state index contributed by atoms with van der Waals surface area (Å²) >= 11 is 0. The summed E-state index contributed by atoms with van der Waals surface area (Å²) in [4.78, 5) is 32.3. The van der Waals surface area contributed by atoms with Gasteiger partial charge in [0.1, 0.15) is 6.04 Å². The summed E-state index contributed by atoms with van der Waals surface area (Å²) in [6, 6.07) is 1.57. The highest BCUT2D eigenvalue weighted by Gasteiger charge is 2.36. The van der Waals surface area contributed by atoms with Crippen molar-refractivity contribution in [1.29, 1.82) is 0 Å². The first-order chi connectivity index (χ1) is 9.72. The molecule has 0 unspecified atom stereocenters. The minimum Gasteiger partial charge on any atom is -0.331 e. The van der Waals surface area contributed by atoms with E-state index in [2.05, 4.69) is 4.98 Å². The number of rotatable bonds is 3. The van der Waals surface area contributed by atoms with Crippen LogP contribution in [0, 0.1) is 0 Å². The zero-order valence-electron chi connectivity index (χ0n) is 11.7. The fourth-order valence-corrected chi connectivity index (χ4v) is 3.16. The van der Waals surface area contributed by atoms with Crippen LogP contribution in [0.1, 0.15) is 31.7 Å². The average Bonchev–Trinajstić information content (AvgIpc) is 3.06. The summed E-state index contributed by atoms with van der Waals surface area (Å²) < 4.78 is 0. The predicted molar refractivity (Wildman–Crippen MR) is 75.3 cm³/mol. The van der Waals surface area contributed by atoms with E-state index < -0.39 is 0 Å². The van der Waals surface area contributed by atoms with E-state index in [1.54, 1.807) is 11.1 Å². The van der Waals surface area contributed by atoms with E-state index in [4.69, 9.17) is 0 Å². The molecule has 0 saturated carbocycles. The molecule has 0 N–H and O–H groups in total. The number of likely N-dealkylation sites (tertiary alicyclic amines) is 1. The van der Waals surface area contributed by atoms with E-state index in [1.807, 2.05) is 24.1 Å². The number of hydrogen-bond donors (Lipinski definition) is 0. The third kappa shape index (κ3) is 2.07. The Bertz CT molecular complexity index is 544. The van der Waals surface area contributed by atoms with Crippen molar-refractivity contribution in [2.45, 2.75) is 38.6 Å². The number of anilines is 1. The normalized spacial score (nSPS) is 19.4. The van der Waals surface area contributed by atoms with Gasteiger partial charge >= 0.3 is 0 Å². The second kappa shape index (κ2) is 5.23. The Morgan fingerprint density at radius 1 is 1.40 bits per heavy atom. The summed E-state index contributed by atoms with van der Waals surface area (Å²) in [5.74, 6) is 0.159. The quantitative estimate of drug-likeness (QED) is 0.836. The molecular weight excluding hydrogens is 254 g/mol. The first-order valence-corrected chi connectivity index (χ1v) is 7.26. The molecule has 2 amide bonds. The van der Waals surface area contributed by atoms with Crippen LogP contribution in [-0.2, 0) is 16.0 Å². The van der Waals surface area contributed by atoms with Crippen LogP contribution >= 0.6 is 0 Å². The van der Waals surface area contributed by atoms with Crippen LogP contribution in [0.4, 0.5) is 5.69 Å². The molecule has 1 aromatic heterocycles. The predicted octanol–water partition coefficient (Wildman–Crippen LogP) is 1.37. The molecule has 5 nitrogen and oxygen atoms in total. The van der Waals surface area contributed by atoms with Crippen molar-refractivity contribution in [3.63, 3.8) is 0 Å². The van der Waals surface area contributed by atoms with Gasteiger partial charge in [-0.05, 0) is 30.9 Å². The zero-order chi connectivity index (χ0) is 14.1. The van der Waals surface area contributed by atoms with Gasteiger partial charge in [0.05, 0.1) is 5.69 Å². The molecule has 0 bridgehead atoms. The SMILES string of the molecule is CC[C@H](C(=O)N1CCc2cnccc21)N1CCCC1=O. The lowest BCUT2D eigenvalue weighted by Crippen LogP contribution is -2.48. The summed E-state index contributed by atoms with van der Waals surface area (Å²) in [7, 11) is 0. The van der Waals surface area contributed by atoms with E-state index in [0.29, 0.717) is 25.9 Å². The van der Waals surface area contributed by atoms with E-state index in [0.717, 1.165) is 24.1 Å². The largest absolute Gasteiger partial charge is 0.331 e. The molecule has 2 aliphatic heterocycles. The van der Waals surface area contributed by atoms with Gasteiger partial charge in [-0.2, -0.15) is 0 Å². The van der Waals surface area contributed by atoms with Gasteiger partial charge in [-0.3, -0.25) is 14.6 Å². The number of hydrogen-bond acceptors (Lipinski definition) is 3. The van der Waals surface area contributed by atoms with Crippen LogP contribution in [0.5, 0.6) is 0 Å². The van der Waals surface area contributed by atoms with Gasteiger partial charge in [-0.1, -0.05) is 6.92 Å². The van der Waals surface area contributed by atoms with Gasteiger partial charge in [0, 0.05) is 31.9 Å². The maximum absolute atomic E-state index is 12.8. The maximum Gasteiger partial charge on any atom is 0.249 e. The number of nitrogens with zero attached hydrogens (tertiary/aromatic N) is 3. The fourth-order valence-electron chi connectivity index (χ4n) is 3.16. The number of carbonyl (C=O) groups excluding carboxylic acids is 2. The topological polar surface area (TPSA) is 53.5 Å². The molecule has 3 rings (SSSR count). The first-order valence-electron chi connectivity index (χ1n) is 7.26. The molecule has 1 saturated heterocycles. The van der Waals surface area contributed by atoms with Gasteiger partial charge in [0.2, 0.25) is 11.8 Å². The van der Waals surface area contributed by atoms with Crippen molar-refractivity contribution in [3.05, 3.63) is 24.0 Å². The summed E-state index contributed by atoms with van der Waals surface area (Å²) in [6.45, 7) is 3.37. The first kappa shape index (κ1) is 13.1. The molecule has 5 heteroatoms. The van der Waals surface area contributed by atoms with Crippen LogP contribution in [0.25, 0.3) is 0 Å². The molecule has 106 valence electrons. The smallest absolute Gasteiger partial charge is 0.249 e. The summed E-state index contributed by atoms with van der Waals surface area (Å²) in [5.41, 5.74) is 2.07. The Kier molecular flexibility index (Phi) is 3.42. The van der Waals surface area contributed by atoms with Crippen molar-refractivity contribution in [1.82, 2.24) is 9.88 Å². The number of pyridine rings is 1. The number of amides is 2. The highest BCUT2D eigenvalue weighted by molar-refractivity contribution is 6.00. The van der Waals surface area contributed by atoms with Gasteiger partial charge in [-0.25, -0.2) is 0 Å². The zero-order valence-corrected chi connectivity index (χ0v) is 11.7. The highest BCUT2D eigenvalue weighted by Crippen LogP contribution is 2.29. The van der Waals surface area contributed by atoms with E-state index in [-0.39, 0.29) is 17.9 Å². The third-order valence-corrected chi connectivity index (χ3v) is 4.20. The van der Waals surface area contributed by atoms with Gasteiger partial charge < -0.3 is 9.80 Å². The molecule has 0 aliphatic carbocycles. The minimum absolute atomic E-state index is 0.0488. The molecule has 1 aromatic rings. The van der Waals surface area contributed by atoms with Crippen LogP contribution in [0.15, 0.2) is 18.5 Å². The second-order valence-corrected chi connectivity index (χ2v) is 5.36. The highest BCUT2D eigenvalue weighted by atomic mass is 16.2. The molecule has 2 aliphatic rings. The molecule has 1 atom stereocenters. The lowest BCUT2D eigenvalue weighted by atomic mass is 10.1. The summed E-state index contributed by atoms with van der Waals surface area (Å²) in [6.07, 6.45) is 6.49. The Hall–Kier alpha value is -1.91. The van der Waals surface area contributed by atoms with Crippen molar-refractivity contribution in [2.75, 3.05) is 18.0 Å². The van der Waals surface area contributed by atoms with Crippen LogP contribution in [-0.4, -0.2) is 40.8 Å². The fraction of sp³-hybridized carbons (Fsp3) is 0.533. The third-order valence-electron chi connectivity index (χ3n) is 4.20. The Morgan fingerprint density at radius 2 is 2.25 bits per heavy atom. The maximum atomic E-state index is 12.8. The molecule has 0 radical (unpaired) electrons. The molecular formula is C15H19N3O2. The number of fused-ring (bicyclic) bond motifs is 1. The van der Waals surface area contributed by atoms with Crippen molar-refractivity contribution < 1.29 is 9.59 Å². The standard InChI is InChI=1S/C15H19N3O2/c1-2-12(17-8-3-4-14(17)19)15(20)18-9-6-11-10-16-7-5-13(11)18/h5,7,10,12H,2-4,6,8-9H2,1H3/t12-/m1/s1. The lowest BCUT2D eigenvalue weighted by molar-refractivity contribution is -0.136. The minimum atomic E-state index is -0.316. The van der Waals surface area contributed by atoms with E-state index >= 15 is 0 Å². The summed E-state index contributed by atoms with van der Waals surface area (Å²) in [5, 5.41) is 0. The average molecular weight is 273 g/mol. The molecule has 0 spiro atoms. The number of carbonyl (C=O) groups is 2. The molecule has 1 fully saturated rings. The van der Waals surface area contributed by atoms with Gasteiger partial charge in [0.15, 0.2) is 0 Å². The molecule has 20 heavy (non-hydrogen) atoms. The van der Waals surface area contributed by atoms with Crippen molar-refractivity contribution >= 4 is 17.5 Å². The van der Waals surface area contributed by atoms with Crippen LogP contribution in [0.3, 0.4) is 0 Å². The second-order valence-electron chi connectivity index (χ2n) is 5.36. The number of aromatic nitrogens is 1. The van der Waals surface area contributed by atoms with Crippen LogP contribution in [0.2, 0.25) is 0 Å². The van der Waals surface area contributed by atoms with Crippen molar-refractivity contribution in [2.24, 2.45) is 0 Å². The van der Waals surface area contributed by atoms with Crippen LogP contribution < -0.4 is 4.90 Å². The Balaban J connectivity index is 1.83. The van der Waals surface area contributed by atoms with Gasteiger partial charge in [0.25, 0.3) is 0 Å². The Morgan fingerprint density at radius 3 is 2.95 bits per heavy atom. The monoisotopic (exact) mass is 273 g/mol. The molecule has 0 aromatic carbocycles. The Labute approximate surface area is 118 Å². The lowest BCUT2D eigenvalue weighted by Gasteiger charge is -2.30. The van der Waals surface area contributed by atoms with Crippen molar-refractivity contribution in [3.8, 4) is 0 Å². The van der Waals surface area contributed by atoms with E-state index in [1.165, 1.54) is 0 Å². The molecule has 3 heterocycles.